The van der Waals surface area contributed by atoms with Crippen LogP contribution in [0.5, 0.6) is 0 Å². The van der Waals surface area contributed by atoms with Crippen molar-refractivity contribution in [3.05, 3.63) is 0 Å². The van der Waals surface area contributed by atoms with Gasteiger partial charge in [-0.1, -0.05) is 19.3 Å². The fraction of sp³-hybridized carbons (Fsp3) is 0.889. The lowest BCUT2D eigenvalue weighted by Gasteiger charge is -2.29. The molecule has 1 saturated heterocycles. The van der Waals surface area contributed by atoms with Gasteiger partial charge in [0.25, 0.3) is 0 Å². The highest BCUT2D eigenvalue weighted by atomic mass is 35.5. The van der Waals surface area contributed by atoms with E-state index in [0.717, 1.165) is 25.8 Å². The summed E-state index contributed by atoms with van der Waals surface area (Å²) >= 11 is 0. The van der Waals surface area contributed by atoms with Crippen molar-refractivity contribution in [1.82, 2.24) is 5.32 Å². The van der Waals surface area contributed by atoms with Crippen molar-refractivity contribution >= 4 is 30.7 Å². The summed E-state index contributed by atoms with van der Waals surface area (Å²) in [5.74, 6) is 0.331. The Labute approximate surface area is 91.7 Å². The number of carbonyl (C=O) groups excluding carboxylic acids is 1. The Kier molecular flexibility index (Phi) is 5.08. The molecular weight excluding hydrogens is 209 g/mol. The summed E-state index contributed by atoms with van der Waals surface area (Å²) < 4.78 is 0. The van der Waals surface area contributed by atoms with Gasteiger partial charge in [0.05, 0.1) is 5.41 Å². The standard InChI is InChI=1S/C9H15NO.2ClH/c11-8-9(6-7-10-8)4-2-1-3-5-9;;/h1-7H2,(H,10,11);2*1H. The van der Waals surface area contributed by atoms with Gasteiger partial charge in [-0.25, -0.2) is 0 Å². The predicted octanol–water partition coefficient (Wildman–Crippen LogP) is 2.30. The zero-order valence-electron chi connectivity index (χ0n) is 7.67. The first-order valence-corrected chi connectivity index (χ1v) is 4.62. The lowest BCUT2D eigenvalue weighted by Crippen LogP contribution is -2.32. The first-order chi connectivity index (χ1) is 5.33. The van der Waals surface area contributed by atoms with E-state index in [2.05, 4.69) is 5.32 Å². The molecule has 1 saturated carbocycles. The van der Waals surface area contributed by atoms with Gasteiger partial charge < -0.3 is 5.32 Å². The summed E-state index contributed by atoms with van der Waals surface area (Å²) in [6.45, 7) is 0.916. The number of carbonyl (C=O) groups is 1. The third-order valence-electron chi connectivity index (χ3n) is 3.18. The average Bonchev–Trinajstić information content (AvgIpc) is 2.36. The lowest BCUT2D eigenvalue weighted by atomic mass is 9.73. The molecule has 0 atom stereocenters. The molecule has 13 heavy (non-hydrogen) atoms. The molecule has 0 aromatic heterocycles. The van der Waals surface area contributed by atoms with E-state index in [1.54, 1.807) is 0 Å². The van der Waals surface area contributed by atoms with Gasteiger partial charge in [-0.3, -0.25) is 4.79 Å². The molecule has 1 aliphatic carbocycles. The van der Waals surface area contributed by atoms with Crippen LogP contribution in [0.1, 0.15) is 38.5 Å². The van der Waals surface area contributed by atoms with E-state index in [0.29, 0.717) is 5.91 Å². The normalized spacial score (nSPS) is 24.5. The summed E-state index contributed by atoms with van der Waals surface area (Å²) in [7, 11) is 0. The fourth-order valence-electron chi connectivity index (χ4n) is 2.42. The molecule has 78 valence electrons. The van der Waals surface area contributed by atoms with Crippen LogP contribution in [0.2, 0.25) is 0 Å². The van der Waals surface area contributed by atoms with Crippen LogP contribution in [0.25, 0.3) is 0 Å². The van der Waals surface area contributed by atoms with Crippen LogP contribution < -0.4 is 5.32 Å². The maximum atomic E-state index is 11.4. The predicted molar refractivity (Wildman–Crippen MR) is 57.6 cm³/mol. The topological polar surface area (TPSA) is 29.1 Å². The van der Waals surface area contributed by atoms with Gasteiger partial charge in [-0.05, 0) is 19.3 Å². The van der Waals surface area contributed by atoms with Crippen molar-refractivity contribution < 1.29 is 4.79 Å². The summed E-state index contributed by atoms with van der Waals surface area (Å²) in [4.78, 5) is 11.4. The van der Waals surface area contributed by atoms with Gasteiger partial charge in [-0.15, -0.1) is 24.8 Å². The summed E-state index contributed by atoms with van der Waals surface area (Å²) in [6.07, 6.45) is 7.21. The molecule has 2 rings (SSSR count). The molecule has 1 heterocycles. The second-order valence-electron chi connectivity index (χ2n) is 3.85. The minimum absolute atomic E-state index is 0. The SMILES string of the molecule is Cl.Cl.O=C1NCCC12CCCCC2. The second-order valence-corrected chi connectivity index (χ2v) is 3.85. The number of halogens is 2. The van der Waals surface area contributed by atoms with Gasteiger partial charge in [-0.2, -0.15) is 0 Å². The Hall–Kier alpha value is 0.0500. The number of amides is 1. The highest BCUT2D eigenvalue weighted by molar-refractivity contribution is 5.85. The molecule has 0 unspecified atom stereocenters. The highest BCUT2D eigenvalue weighted by Crippen LogP contribution is 2.41. The number of hydrogen-bond acceptors (Lipinski definition) is 1. The zero-order valence-corrected chi connectivity index (χ0v) is 9.31. The van der Waals surface area contributed by atoms with E-state index in [1.165, 1.54) is 19.3 Å². The van der Waals surface area contributed by atoms with Crippen LogP contribution in [0.15, 0.2) is 0 Å². The molecule has 0 radical (unpaired) electrons. The molecule has 2 aliphatic rings. The van der Waals surface area contributed by atoms with Gasteiger partial charge in [0.15, 0.2) is 0 Å². The maximum absolute atomic E-state index is 11.4. The smallest absolute Gasteiger partial charge is 0.226 e. The molecule has 1 spiro atoms. The Balaban J connectivity index is 0.000000720. The van der Waals surface area contributed by atoms with E-state index in [9.17, 15) is 4.79 Å². The quantitative estimate of drug-likeness (QED) is 0.674. The maximum Gasteiger partial charge on any atom is 0.226 e. The van der Waals surface area contributed by atoms with Gasteiger partial charge in [0.1, 0.15) is 0 Å². The minimum Gasteiger partial charge on any atom is -0.356 e. The molecule has 1 amide bonds. The van der Waals surface area contributed by atoms with Crippen molar-refractivity contribution in [3.8, 4) is 0 Å². The molecule has 2 fully saturated rings. The highest BCUT2D eigenvalue weighted by Gasteiger charge is 2.42. The van der Waals surface area contributed by atoms with E-state index >= 15 is 0 Å². The molecule has 2 nitrogen and oxygen atoms in total. The second kappa shape index (κ2) is 5.06. The first kappa shape index (κ1) is 13.1. The molecule has 4 heteroatoms. The molecule has 1 N–H and O–H groups in total. The number of rotatable bonds is 0. The Morgan fingerprint density at radius 1 is 1.00 bits per heavy atom. The van der Waals surface area contributed by atoms with E-state index in [1.807, 2.05) is 0 Å². The van der Waals surface area contributed by atoms with Gasteiger partial charge in [0, 0.05) is 6.54 Å². The largest absolute Gasteiger partial charge is 0.356 e. The Bertz CT molecular complexity index is 178. The molecular formula is C9H17Cl2NO. The van der Waals surface area contributed by atoms with Gasteiger partial charge >= 0.3 is 0 Å². The summed E-state index contributed by atoms with van der Waals surface area (Å²) in [5, 5.41) is 2.94. The van der Waals surface area contributed by atoms with Crippen molar-refractivity contribution in [3.63, 3.8) is 0 Å². The van der Waals surface area contributed by atoms with Crippen LogP contribution in [0, 0.1) is 5.41 Å². The van der Waals surface area contributed by atoms with Crippen molar-refractivity contribution in [1.29, 1.82) is 0 Å². The summed E-state index contributed by atoms with van der Waals surface area (Å²) in [6, 6.07) is 0. The lowest BCUT2D eigenvalue weighted by molar-refractivity contribution is -0.129. The third-order valence-corrected chi connectivity index (χ3v) is 3.18. The van der Waals surface area contributed by atoms with Crippen LogP contribution >= 0.6 is 24.8 Å². The minimum atomic E-state index is 0. The van der Waals surface area contributed by atoms with E-state index in [4.69, 9.17) is 0 Å². The third kappa shape index (κ3) is 2.29. The van der Waals surface area contributed by atoms with Gasteiger partial charge in [0.2, 0.25) is 5.91 Å². The van der Waals surface area contributed by atoms with Crippen LogP contribution in [-0.2, 0) is 4.79 Å². The van der Waals surface area contributed by atoms with Crippen molar-refractivity contribution in [2.24, 2.45) is 5.41 Å². The molecule has 0 bridgehead atoms. The number of nitrogens with one attached hydrogen (secondary N) is 1. The van der Waals surface area contributed by atoms with Crippen LogP contribution in [0.4, 0.5) is 0 Å². The molecule has 0 aromatic carbocycles. The molecule has 1 aliphatic heterocycles. The van der Waals surface area contributed by atoms with Crippen molar-refractivity contribution in [2.75, 3.05) is 6.54 Å². The Morgan fingerprint density at radius 3 is 2.08 bits per heavy atom. The Morgan fingerprint density at radius 2 is 1.62 bits per heavy atom. The monoisotopic (exact) mass is 225 g/mol. The van der Waals surface area contributed by atoms with Crippen molar-refractivity contribution in [2.45, 2.75) is 38.5 Å². The van der Waals surface area contributed by atoms with E-state index in [-0.39, 0.29) is 30.2 Å². The summed E-state index contributed by atoms with van der Waals surface area (Å²) in [5.41, 5.74) is 0.0816. The molecule has 0 aromatic rings. The van der Waals surface area contributed by atoms with E-state index < -0.39 is 0 Å². The first-order valence-electron chi connectivity index (χ1n) is 4.62. The average molecular weight is 226 g/mol. The van der Waals surface area contributed by atoms with Crippen LogP contribution in [0.3, 0.4) is 0 Å². The zero-order chi connectivity index (χ0) is 7.73. The van der Waals surface area contributed by atoms with Crippen LogP contribution in [-0.4, -0.2) is 12.5 Å². The number of hydrogen-bond donors (Lipinski definition) is 1. The fourth-order valence-corrected chi connectivity index (χ4v) is 2.42.